The number of pyridine rings is 1. The Morgan fingerprint density at radius 2 is 2.36 bits per heavy atom. The summed E-state index contributed by atoms with van der Waals surface area (Å²) in [6.07, 6.45) is 3.88. The lowest BCUT2D eigenvalue weighted by molar-refractivity contribution is 0.272. The molecule has 1 saturated carbocycles. The molecular weight excluding hydrogens is 183 g/mol. The van der Waals surface area contributed by atoms with Gasteiger partial charge in [-0.05, 0) is 24.8 Å². The van der Waals surface area contributed by atoms with Crippen molar-refractivity contribution in [1.29, 1.82) is 0 Å². The number of hydrogen-bond donors (Lipinski definition) is 1. The molecule has 4 heteroatoms. The zero-order valence-corrected chi connectivity index (χ0v) is 7.87. The van der Waals surface area contributed by atoms with Crippen molar-refractivity contribution in [2.75, 3.05) is 6.61 Å². The molecule has 0 bridgehead atoms. The Labute approximate surface area is 82.1 Å². The van der Waals surface area contributed by atoms with Crippen LogP contribution in [0.3, 0.4) is 0 Å². The molecule has 1 aliphatic carbocycles. The minimum atomic E-state index is -0.421. The molecule has 2 N–H and O–H groups in total. The van der Waals surface area contributed by atoms with E-state index in [4.69, 9.17) is 10.5 Å². The van der Waals surface area contributed by atoms with Gasteiger partial charge in [0.2, 0.25) is 0 Å². The Morgan fingerprint density at radius 1 is 1.57 bits per heavy atom. The molecular formula is C10H13FN2O. The highest BCUT2D eigenvalue weighted by atomic mass is 19.1. The van der Waals surface area contributed by atoms with Gasteiger partial charge in [0, 0.05) is 18.3 Å². The van der Waals surface area contributed by atoms with E-state index in [2.05, 4.69) is 4.98 Å². The third kappa shape index (κ3) is 2.01. The summed E-state index contributed by atoms with van der Waals surface area (Å²) in [7, 11) is 0. The molecule has 1 aliphatic rings. The molecule has 0 aliphatic heterocycles. The Bertz CT molecular complexity index is 326. The maximum Gasteiger partial charge on any atom is 0.250 e. The Balaban J connectivity index is 2.06. The molecule has 3 nitrogen and oxygen atoms in total. The fourth-order valence-corrected chi connectivity index (χ4v) is 1.20. The monoisotopic (exact) mass is 196 g/mol. The summed E-state index contributed by atoms with van der Waals surface area (Å²) in [4.78, 5) is 3.83. The fraction of sp³-hybridized carbons (Fsp3) is 0.500. The van der Waals surface area contributed by atoms with Gasteiger partial charge in [0.1, 0.15) is 0 Å². The summed E-state index contributed by atoms with van der Waals surface area (Å²) in [5, 5.41) is 0. The summed E-state index contributed by atoms with van der Waals surface area (Å²) in [5.74, 6) is 0.258. The lowest BCUT2D eigenvalue weighted by Crippen LogP contribution is -2.06. The molecule has 1 aromatic rings. The molecule has 0 aromatic carbocycles. The van der Waals surface area contributed by atoms with E-state index in [0.29, 0.717) is 18.1 Å². The smallest absolute Gasteiger partial charge is 0.250 e. The van der Waals surface area contributed by atoms with Crippen LogP contribution in [0.15, 0.2) is 12.3 Å². The average Bonchev–Trinajstić information content (AvgIpc) is 3.00. The number of nitrogens with zero attached hydrogens (tertiary/aromatic N) is 1. The van der Waals surface area contributed by atoms with Gasteiger partial charge in [-0.15, -0.1) is 0 Å². The normalized spacial score (nSPS) is 15.6. The summed E-state index contributed by atoms with van der Waals surface area (Å²) < 4.78 is 18.7. The van der Waals surface area contributed by atoms with Gasteiger partial charge in [0.15, 0.2) is 5.82 Å². The summed E-state index contributed by atoms with van der Waals surface area (Å²) in [6, 6.07) is 1.57. The molecule has 1 fully saturated rings. The van der Waals surface area contributed by atoms with E-state index in [1.807, 2.05) is 0 Å². The molecule has 0 atom stereocenters. The first-order valence-electron chi connectivity index (χ1n) is 4.77. The van der Waals surface area contributed by atoms with Crippen molar-refractivity contribution in [1.82, 2.24) is 4.98 Å². The largest absolute Gasteiger partial charge is 0.475 e. The first-order chi connectivity index (χ1) is 6.81. The highest BCUT2D eigenvalue weighted by molar-refractivity contribution is 5.23. The van der Waals surface area contributed by atoms with Crippen molar-refractivity contribution in [3.05, 3.63) is 23.6 Å². The van der Waals surface area contributed by atoms with Gasteiger partial charge in [-0.25, -0.2) is 9.37 Å². The summed E-state index contributed by atoms with van der Waals surface area (Å²) in [6.45, 7) is 0.742. The predicted octanol–water partition coefficient (Wildman–Crippen LogP) is 1.47. The fourth-order valence-electron chi connectivity index (χ4n) is 1.20. The second kappa shape index (κ2) is 3.92. The second-order valence-electron chi connectivity index (χ2n) is 3.55. The molecule has 76 valence electrons. The lowest BCUT2D eigenvalue weighted by Gasteiger charge is -2.06. The van der Waals surface area contributed by atoms with Crippen LogP contribution in [0.2, 0.25) is 0 Å². The Hall–Kier alpha value is -1.16. The topological polar surface area (TPSA) is 48.1 Å². The van der Waals surface area contributed by atoms with Crippen LogP contribution in [0.1, 0.15) is 18.4 Å². The molecule has 2 rings (SSSR count). The van der Waals surface area contributed by atoms with Crippen molar-refractivity contribution in [2.45, 2.75) is 19.4 Å². The SMILES string of the molecule is NCc1ccnc(OCC2CC2)c1F. The minimum Gasteiger partial charge on any atom is -0.475 e. The number of hydrogen-bond acceptors (Lipinski definition) is 3. The number of rotatable bonds is 4. The quantitative estimate of drug-likeness (QED) is 0.793. The van der Waals surface area contributed by atoms with Crippen LogP contribution >= 0.6 is 0 Å². The van der Waals surface area contributed by atoms with Crippen LogP contribution in [0.4, 0.5) is 4.39 Å². The number of nitrogens with two attached hydrogens (primary N) is 1. The van der Waals surface area contributed by atoms with Gasteiger partial charge in [0.05, 0.1) is 6.61 Å². The van der Waals surface area contributed by atoms with Crippen LogP contribution in [-0.4, -0.2) is 11.6 Å². The van der Waals surface area contributed by atoms with Crippen LogP contribution in [0, 0.1) is 11.7 Å². The van der Waals surface area contributed by atoms with Crippen molar-refractivity contribution in [3.8, 4) is 5.88 Å². The maximum atomic E-state index is 13.5. The van der Waals surface area contributed by atoms with Gasteiger partial charge in [-0.1, -0.05) is 0 Å². The molecule has 0 saturated heterocycles. The minimum absolute atomic E-state index is 0.0832. The molecule has 14 heavy (non-hydrogen) atoms. The standard InChI is InChI=1S/C10H13FN2O/c11-9-8(5-12)3-4-13-10(9)14-6-7-1-2-7/h3-4,7H,1-2,5-6,12H2. The van der Waals surface area contributed by atoms with Crippen molar-refractivity contribution < 1.29 is 9.13 Å². The zero-order valence-electron chi connectivity index (χ0n) is 7.87. The third-order valence-corrected chi connectivity index (χ3v) is 2.31. The van der Waals surface area contributed by atoms with E-state index < -0.39 is 5.82 Å². The Kier molecular flexibility index (Phi) is 2.63. The van der Waals surface area contributed by atoms with E-state index in [0.717, 1.165) is 0 Å². The molecule has 0 radical (unpaired) electrons. The van der Waals surface area contributed by atoms with Gasteiger partial charge in [0.25, 0.3) is 5.88 Å². The van der Waals surface area contributed by atoms with E-state index >= 15 is 0 Å². The summed E-state index contributed by atoms with van der Waals surface area (Å²) >= 11 is 0. The third-order valence-electron chi connectivity index (χ3n) is 2.31. The molecule has 0 amide bonds. The lowest BCUT2D eigenvalue weighted by atomic mass is 10.2. The van der Waals surface area contributed by atoms with Gasteiger partial charge < -0.3 is 10.5 Å². The van der Waals surface area contributed by atoms with E-state index in [9.17, 15) is 4.39 Å². The van der Waals surface area contributed by atoms with Crippen molar-refractivity contribution in [2.24, 2.45) is 11.7 Å². The highest BCUT2D eigenvalue weighted by Crippen LogP contribution is 2.29. The van der Waals surface area contributed by atoms with Gasteiger partial charge in [-0.2, -0.15) is 0 Å². The first-order valence-corrected chi connectivity index (χ1v) is 4.77. The van der Waals surface area contributed by atoms with E-state index in [1.54, 1.807) is 6.07 Å². The molecule has 0 unspecified atom stereocenters. The number of aromatic nitrogens is 1. The molecule has 1 aromatic heterocycles. The Morgan fingerprint density at radius 3 is 3.00 bits per heavy atom. The van der Waals surface area contributed by atoms with Crippen LogP contribution < -0.4 is 10.5 Å². The second-order valence-corrected chi connectivity index (χ2v) is 3.55. The molecule has 0 spiro atoms. The van der Waals surface area contributed by atoms with E-state index in [1.165, 1.54) is 19.0 Å². The number of ether oxygens (including phenoxy) is 1. The molecule has 1 heterocycles. The van der Waals surface area contributed by atoms with Crippen molar-refractivity contribution in [3.63, 3.8) is 0 Å². The van der Waals surface area contributed by atoms with Crippen LogP contribution in [-0.2, 0) is 6.54 Å². The maximum absolute atomic E-state index is 13.5. The van der Waals surface area contributed by atoms with Crippen molar-refractivity contribution >= 4 is 0 Å². The zero-order chi connectivity index (χ0) is 9.97. The van der Waals surface area contributed by atoms with Crippen LogP contribution in [0.25, 0.3) is 0 Å². The first kappa shape index (κ1) is 9.40. The van der Waals surface area contributed by atoms with E-state index in [-0.39, 0.29) is 12.4 Å². The predicted molar refractivity (Wildman–Crippen MR) is 50.3 cm³/mol. The number of halogens is 1. The average molecular weight is 196 g/mol. The highest BCUT2D eigenvalue weighted by Gasteiger charge is 2.23. The van der Waals surface area contributed by atoms with Gasteiger partial charge >= 0.3 is 0 Å². The van der Waals surface area contributed by atoms with Gasteiger partial charge in [-0.3, -0.25) is 0 Å². The summed E-state index contributed by atoms with van der Waals surface area (Å²) in [5.41, 5.74) is 5.81. The van der Waals surface area contributed by atoms with Crippen LogP contribution in [0.5, 0.6) is 5.88 Å².